The molecule has 0 aliphatic rings. The van der Waals surface area contributed by atoms with Gasteiger partial charge in [-0.1, -0.05) is 12.1 Å². The Bertz CT molecular complexity index is 714. The largest absolute Gasteiger partial charge is 0.314 e. The van der Waals surface area contributed by atoms with Crippen LogP contribution in [0.15, 0.2) is 54.9 Å². The fourth-order valence-electron chi connectivity index (χ4n) is 2.16. The van der Waals surface area contributed by atoms with Crippen LogP contribution in [-0.2, 0) is 0 Å². The standard InChI is InChI=1S/C15H12N2O/c1-11(18)13-10-12-6-3-5-9-17(12)15(13)14-7-2-4-8-16-14/h2-10H,1H3. The Kier molecular flexibility index (Phi) is 2.45. The molecule has 0 saturated heterocycles. The predicted octanol–water partition coefficient (Wildman–Crippen LogP) is 3.20. The first kappa shape index (κ1) is 10.7. The van der Waals surface area contributed by atoms with Crippen molar-refractivity contribution in [1.29, 1.82) is 0 Å². The van der Waals surface area contributed by atoms with Crippen LogP contribution >= 0.6 is 0 Å². The number of Topliss-reactive ketones (excluding diaryl/α,β-unsaturated/α-hetero) is 1. The number of hydrogen-bond acceptors (Lipinski definition) is 2. The first-order valence-electron chi connectivity index (χ1n) is 5.80. The van der Waals surface area contributed by atoms with Crippen LogP contribution in [0.1, 0.15) is 17.3 Å². The van der Waals surface area contributed by atoms with E-state index in [1.54, 1.807) is 13.1 Å². The number of ketones is 1. The highest BCUT2D eigenvalue weighted by atomic mass is 16.1. The van der Waals surface area contributed by atoms with Crippen LogP contribution in [0.2, 0.25) is 0 Å². The molecule has 0 aliphatic carbocycles. The van der Waals surface area contributed by atoms with Crippen molar-refractivity contribution in [2.24, 2.45) is 0 Å². The smallest absolute Gasteiger partial charge is 0.162 e. The first-order chi connectivity index (χ1) is 8.77. The summed E-state index contributed by atoms with van der Waals surface area (Å²) >= 11 is 0. The van der Waals surface area contributed by atoms with Crippen molar-refractivity contribution in [2.75, 3.05) is 0 Å². The van der Waals surface area contributed by atoms with Crippen molar-refractivity contribution >= 4 is 11.3 Å². The topological polar surface area (TPSA) is 34.4 Å². The average Bonchev–Trinajstić information content (AvgIpc) is 2.79. The van der Waals surface area contributed by atoms with Crippen molar-refractivity contribution in [3.63, 3.8) is 0 Å². The molecule has 3 aromatic heterocycles. The molecule has 0 unspecified atom stereocenters. The fraction of sp³-hybridized carbons (Fsp3) is 0.0667. The van der Waals surface area contributed by atoms with Crippen molar-refractivity contribution in [2.45, 2.75) is 6.92 Å². The number of carbonyl (C=O) groups is 1. The fourth-order valence-corrected chi connectivity index (χ4v) is 2.16. The summed E-state index contributed by atoms with van der Waals surface area (Å²) in [5.41, 5.74) is 3.39. The van der Waals surface area contributed by atoms with E-state index in [2.05, 4.69) is 4.98 Å². The highest BCUT2D eigenvalue weighted by Gasteiger charge is 2.15. The number of nitrogens with zero attached hydrogens (tertiary/aromatic N) is 2. The van der Waals surface area contributed by atoms with Crippen molar-refractivity contribution in [3.8, 4) is 11.4 Å². The van der Waals surface area contributed by atoms with Crippen LogP contribution in [0.5, 0.6) is 0 Å². The molecule has 0 spiro atoms. The van der Waals surface area contributed by atoms with Crippen molar-refractivity contribution in [1.82, 2.24) is 9.38 Å². The second-order valence-electron chi connectivity index (χ2n) is 4.17. The lowest BCUT2D eigenvalue weighted by Gasteiger charge is -2.04. The highest BCUT2D eigenvalue weighted by Crippen LogP contribution is 2.26. The molecule has 0 atom stereocenters. The molecular weight excluding hydrogens is 224 g/mol. The van der Waals surface area contributed by atoms with Gasteiger partial charge in [0.15, 0.2) is 5.78 Å². The molecule has 0 amide bonds. The molecule has 88 valence electrons. The zero-order chi connectivity index (χ0) is 12.5. The summed E-state index contributed by atoms with van der Waals surface area (Å²) < 4.78 is 2.00. The number of pyridine rings is 2. The lowest BCUT2D eigenvalue weighted by molar-refractivity contribution is 0.101. The SMILES string of the molecule is CC(=O)c1cc2ccccn2c1-c1ccccn1. The lowest BCUT2D eigenvalue weighted by atomic mass is 10.1. The molecule has 0 N–H and O–H groups in total. The first-order valence-corrected chi connectivity index (χ1v) is 5.80. The minimum atomic E-state index is 0.0550. The maximum Gasteiger partial charge on any atom is 0.162 e. The van der Waals surface area contributed by atoms with Gasteiger partial charge in [-0.25, -0.2) is 0 Å². The van der Waals surface area contributed by atoms with Crippen LogP contribution in [0, 0.1) is 0 Å². The van der Waals surface area contributed by atoms with Gasteiger partial charge in [-0.05, 0) is 37.3 Å². The zero-order valence-electron chi connectivity index (χ0n) is 10.00. The van der Waals surface area contributed by atoms with Gasteiger partial charge in [0.2, 0.25) is 0 Å². The number of aromatic nitrogens is 2. The molecule has 3 nitrogen and oxygen atoms in total. The van der Waals surface area contributed by atoms with Gasteiger partial charge in [0.25, 0.3) is 0 Å². The van der Waals surface area contributed by atoms with Crippen LogP contribution in [0.4, 0.5) is 0 Å². The van der Waals surface area contributed by atoms with E-state index in [1.165, 1.54) is 0 Å². The molecular formula is C15H12N2O. The summed E-state index contributed by atoms with van der Waals surface area (Å²) in [5.74, 6) is 0.0550. The summed E-state index contributed by atoms with van der Waals surface area (Å²) in [4.78, 5) is 16.1. The number of fused-ring (bicyclic) bond motifs is 1. The van der Waals surface area contributed by atoms with E-state index < -0.39 is 0 Å². The maximum atomic E-state index is 11.8. The molecule has 0 radical (unpaired) electrons. The van der Waals surface area contributed by atoms with Gasteiger partial charge in [0, 0.05) is 23.5 Å². The van der Waals surface area contributed by atoms with Gasteiger partial charge in [-0.2, -0.15) is 0 Å². The Morgan fingerprint density at radius 1 is 1.17 bits per heavy atom. The molecule has 3 heteroatoms. The Morgan fingerprint density at radius 3 is 2.72 bits per heavy atom. The third-order valence-electron chi connectivity index (χ3n) is 2.97. The summed E-state index contributed by atoms with van der Waals surface area (Å²) in [6.45, 7) is 1.58. The van der Waals surface area contributed by atoms with Crippen LogP contribution in [-0.4, -0.2) is 15.2 Å². The van der Waals surface area contributed by atoms with E-state index in [0.29, 0.717) is 5.56 Å². The second kappa shape index (κ2) is 4.11. The van der Waals surface area contributed by atoms with Gasteiger partial charge < -0.3 is 4.40 Å². The van der Waals surface area contributed by atoms with E-state index in [-0.39, 0.29) is 5.78 Å². The maximum absolute atomic E-state index is 11.8. The lowest BCUT2D eigenvalue weighted by Crippen LogP contribution is -1.96. The molecule has 18 heavy (non-hydrogen) atoms. The van der Waals surface area contributed by atoms with E-state index in [4.69, 9.17) is 0 Å². The van der Waals surface area contributed by atoms with Gasteiger partial charge in [0.05, 0.1) is 11.4 Å². The molecule has 0 bridgehead atoms. The van der Waals surface area contributed by atoms with Crippen LogP contribution < -0.4 is 0 Å². The van der Waals surface area contributed by atoms with E-state index in [0.717, 1.165) is 16.9 Å². The van der Waals surface area contributed by atoms with Gasteiger partial charge in [-0.15, -0.1) is 0 Å². The molecule has 0 fully saturated rings. The van der Waals surface area contributed by atoms with Gasteiger partial charge >= 0.3 is 0 Å². The van der Waals surface area contributed by atoms with Gasteiger partial charge in [0.1, 0.15) is 0 Å². The van der Waals surface area contributed by atoms with E-state index >= 15 is 0 Å². The highest BCUT2D eigenvalue weighted by molar-refractivity contribution is 6.01. The molecule has 0 saturated carbocycles. The molecule has 3 heterocycles. The molecule has 0 aliphatic heterocycles. The van der Waals surface area contributed by atoms with Crippen molar-refractivity contribution < 1.29 is 4.79 Å². The monoisotopic (exact) mass is 236 g/mol. The van der Waals surface area contributed by atoms with Crippen LogP contribution in [0.25, 0.3) is 16.9 Å². The Labute approximate surface area is 105 Å². The third-order valence-corrected chi connectivity index (χ3v) is 2.97. The summed E-state index contributed by atoms with van der Waals surface area (Å²) in [6.07, 6.45) is 3.69. The Hall–Kier alpha value is -2.42. The van der Waals surface area contributed by atoms with E-state index in [9.17, 15) is 4.79 Å². The number of hydrogen-bond donors (Lipinski definition) is 0. The van der Waals surface area contributed by atoms with Crippen molar-refractivity contribution in [3.05, 3.63) is 60.4 Å². The average molecular weight is 236 g/mol. The summed E-state index contributed by atoms with van der Waals surface area (Å²) in [6, 6.07) is 13.5. The normalized spacial score (nSPS) is 10.7. The van der Waals surface area contributed by atoms with Crippen LogP contribution in [0.3, 0.4) is 0 Å². The Morgan fingerprint density at radius 2 is 2.00 bits per heavy atom. The zero-order valence-corrected chi connectivity index (χ0v) is 10.00. The third kappa shape index (κ3) is 1.61. The molecule has 0 aromatic carbocycles. The number of rotatable bonds is 2. The minimum absolute atomic E-state index is 0.0550. The Balaban J connectivity index is 2.38. The van der Waals surface area contributed by atoms with Gasteiger partial charge in [-0.3, -0.25) is 9.78 Å². The number of carbonyl (C=O) groups excluding carboxylic acids is 1. The minimum Gasteiger partial charge on any atom is -0.314 e. The predicted molar refractivity (Wildman–Crippen MR) is 70.6 cm³/mol. The molecule has 3 aromatic rings. The molecule has 3 rings (SSSR count). The van der Waals surface area contributed by atoms with E-state index in [1.807, 2.05) is 53.1 Å². The summed E-state index contributed by atoms with van der Waals surface area (Å²) in [5, 5.41) is 0. The quantitative estimate of drug-likeness (QED) is 0.640. The summed E-state index contributed by atoms with van der Waals surface area (Å²) in [7, 11) is 0. The second-order valence-corrected chi connectivity index (χ2v) is 4.17.